The van der Waals surface area contributed by atoms with Crippen LogP contribution in [-0.2, 0) is 14.9 Å². The van der Waals surface area contributed by atoms with Gasteiger partial charge in [-0.05, 0) is 61.4 Å². The van der Waals surface area contributed by atoms with Crippen LogP contribution >= 0.6 is 0 Å². The highest BCUT2D eigenvalue weighted by Crippen LogP contribution is 2.35. The number of ether oxygens (including phenoxy) is 1. The summed E-state index contributed by atoms with van der Waals surface area (Å²) in [5, 5.41) is 0. The van der Waals surface area contributed by atoms with Crippen LogP contribution in [-0.4, -0.2) is 26.0 Å². The SMILES string of the molecule is COc1ccc(C2ON(S(=O)(=O)c3ccc(N)cc3)C(C)C=C2C)cc1. The molecule has 1 aliphatic rings. The Kier molecular flexibility index (Phi) is 5.04. The topological polar surface area (TPSA) is 81.9 Å². The lowest BCUT2D eigenvalue weighted by Gasteiger charge is -2.35. The van der Waals surface area contributed by atoms with Crippen molar-refractivity contribution in [3.8, 4) is 5.75 Å². The molecule has 0 spiro atoms. The maximum absolute atomic E-state index is 13.0. The van der Waals surface area contributed by atoms with Gasteiger partial charge >= 0.3 is 0 Å². The molecule has 2 aromatic rings. The van der Waals surface area contributed by atoms with Gasteiger partial charge in [0.1, 0.15) is 11.9 Å². The van der Waals surface area contributed by atoms with Crippen molar-refractivity contribution < 1.29 is 18.0 Å². The van der Waals surface area contributed by atoms with E-state index in [0.717, 1.165) is 21.4 Å². The number of methoxy groups -OCH3 is 1. The van der Waals surface area contributed by atoms with Crippen molar-refractivity contribution in [1.29, 1.82) is 0 Å². The summed E-state index contributed by atoms with van der Waals surface area (Å²) in [5.41, 5.74) is 7.96. The van der Waals surface area contributed by atoms with Crippen LogP contribution in [0.25, 0.3) is 0 Å². The summed E-state index contributed by atoms with van der Waals surface area (Å²) in [6.07, 6.45) is 1.41. The molecule has 0 fully saturated rings. The third-order valence-electron chi connectivity index (χ3n) is 4.29. The molecule has 3 rings (SSSR count). The molecule has 1 heterocycles. The highest BCUT2D eigenvalue weighted by Gasteiger charge is 2.36. The Hall–Kier alpha value is -2.35. The maximum Gasteiger partial charge on any atom is 0.265 e. The van der Waals surface area contributed by atoms with Gasteiger partial charge in [-0.3, -0.25) is 4.84 Å². The van der Waals surface area contributed by atoms with Gasteiger partial charge in [0, 0.05) is 5.69 Å². The average molecular weight is 374 g/mol. The van der Waals surface area contributed by atoms with Crippen LogP contribution in [0.2, 0.25) is 0 Å². The molecule has 2 N–H and O–H groups in total. The van der Waals surface area contributed by atoms with E-state index in [2.05, 4.69) is 0 Å². The number of nitrogen functional groups attached to an aromatic ring is 1. The largest absolute Gasteiger partial charge is 0.497 e. The van der Waals surface area contributed by atoms with E-state index < -0.39 is 22.2 Å². The first-order valence-electron chi connectivity index (χ1n) is 8.22. The fourth-order valence-electron chi connectivity index (χ4n) is 2.93. The van der Waals surface area contributed by atoms with Crippen molar-refractivity contribution in [2.75, 3.05) is 12.8 Å². The molecule has 7 heteroatoms. The van der Waals surface area contributed by atoms with Gasteiger partial charge in [-0.2, -0.15) is 0 Å². The summed E-state index contributed by atoms with van der Waals surface area (Å²) < 4.78 is 32.2. The number of hydrogen-bond acceptors (Lipinski definition) is 5. The second-order valence-corrected chi connectivity index (χ2v) is 8.02. The van der Waals surface area contributed by atoms with Gasteiger partial charge in [-0.1, -0.05) is 22.7 Å². The van der Waals surface area contributed by atoms with Crippen molar-refractivity contribution in [2.45, 2.75) is 30.9 Å². The van der Waals surface area contributed by atoms with E-state index in [1.165, 1.54) is 12.1 Å². The standard InChI is InChI=1S/C19H22N2O4S/c1-13-12-14(2)21(26(22,23)18-10-6-16(20)7-11-18)25-19(13)15-4-8-17(24-3)9-5-15/h4-12,14,19H,20H2,1-3H3. The number of sulfonamides is 1. The van der Waals surface area contributed by atoms with Gasteiger partial charge < -0.3 is 10.5 Å². The zero-order chi connectivity index (χ0) is 18.9. The van der Waals surface area contributed by atoms with Crippen LogP contribution in [0, 0.1) is 0 Å². The summed E-state index contributed by atoms with van der Waals surface area (Å²) in [6, 6.07) is 13.0. The minimum Gasteiger partial charge on any atom is -0.497 e. The van der Waals surface area contributed by atoms with Crippen LogP contribution in [0.3, 0.4) is 0 Å². The zero-order valence-electron chi connectivity index (χ0n) is 14.9. The maximum atomic E-state index is 13.0. The summed E-state index contributed by atoms with van der Waals surface area (Å²) in [6.45, 7) is 3.71. The first-order valence-corrected chi connectivity index (χ1v) is 9.66. The Bertz CT molecular complexity index is 906. The Morgan fingerprint density at radius 3 is 2.27 bits per heavy atom. The highest BCUT2D eigenvalue weighted by molar-refractivity contribution is 7.89. The fraction of sp³-hybridized carbons (Fsp3) is 0.263. The average Bonchev–Trinajstić information content (AvgIpc) is 2.62. The van der Waals surface area contributed by atoms with E-state index in [-0.39, 0.29) is 4.90 Å². The third kappa shape index (κ3) is 3.46. The summed E-state index contributed by atoms with van der Waals surface area (Å²) >= 11 is 0. The molecule has 2 aromatic carbocycles. The van der Waals surface area contributed by atoms with Gasteiger partial charge in [0.05, 0.1) is 18.0 Å². The van der Waals surface area contributed by atoms with E-state index in [4.69, 9.17) is 15.3 Å². The lowest BCUT2D eigenvalue weighted by atomic mass is 10.00. The van der Waals surface area contributed by atoms with Crippen LogP contribution in [0.1, 0.15) is 25.5 Å². The summed E-state index contributed by atoms with van der Waals surface area (Å²) in [5.74, 6) is 0.728. The Balaban J connectivity index is 1.94. The molecule has 0 aromatic heterocycles. The molecule has 0 saturated heterocycles. The lowest BCUT2D eigenvalue weighted by Crippen LogP contribution is -2.41. The first-order chi connectivity index (χ1) is 12.3. The normalized spacial score (nSPS) is 21.3. The first kappa shape index (κ1) is 18.4. The molecule has 2 unspecified atom stereocenters. The predicted octanol–water partition coefficient (Wildman–Crippen LogP) is 3.29. The monoisotopic (exact) mass is 374 g/mol. The molecule has 26 heavy (non-hydrogen) atoms. The minimum atomic E-state index is -3.82. The van der Waals surface area contributed by atoms with Crippen LogP contribution in [0.4, 0.5) is 5.69 Å². The highest BCUT2D eigenvalue weighted by atomic mass is 32.2. The summed E-state index contributed by atoms with van der Waals surface area (Å²) in [4.78, 5) is 6.06. The van der Waals surface area contributed by atoms with Gasteiger partial charge in [0.25, 0.3) is 10.0 Å². The van der Waals surface area contributed by atoms with Crippen molar-refractivity contribution in [2.24, 2.45) is 0 Å². The number of hydroxylamine groups is 1. The molecule has 2 atom stereocenters. The zero-order valence-corrected chi connectivity index (χ0v) is 15.7. The number of hydrogen-bond donors (Lipinski definition) is 1. The number of nitrogens with two attached hydrogens (primary N) is 1. The van der Waals surface area contributed by atoms with E-state index >= 15 is 0 Å². The van der Waals surface area contributed by atoms with Crippen molar-refractivity contribution in [3.63, 3.8) is 0 Å². The molecule has 0 saturated carbocycles. The fourth-order valence-corrected chi connectivity index (χ4v) is 4.32. The summed E-state index contributed by atoms with van der Waals surface area (Å²) in [7, 11) is -2.22. The molecular formula is C19H22N2O4S. The molecule has 0 bridgehead atoms. The van der Waals surface area contributed by atoms with Crippen molar-refractivity contribution >= 4 is 15.7 Å². The molecule has 138 valence electrons. The Labute approximate surface area is 153 Å². The number of rotatable bonds is 4. The Morgan fingerprint density at radius 2 is 1.69 bits per heavy atom. The van der Waals surface area contributed by atoms with Crippen LogP contribution < -0.4 is 10.5 Å². The molecular weight excluding hydrogens is 352 g/mol. The number of anilines is 1. The second-order valence-electron chi connectivity index (χ2n) is 6.24. The van der Waals surface area contributed by atoms with Gasteiger partial charge in [-0.25, -0.2) is 8.42 Å². The molecule has 0 amide bonds. The van der Waals surface area contributed by atoms with Crippen molar-refractivity contribution in [3.05, 3.63) is 65.7 Å². The van der Waals surface area contributed by atoms with Gasteiger partial charge in [0.15, 0.2) is 0 Å². The van der Waals surface area contributed by atoms with E-state index in [1.807, 2.05) is 37.3 Å². The molecule has 0 aliphatic carbocycles. The van der Waals surface area contributed by atoms with Gasteiger partial charge in [0.2, 0.25) is 0 Å². The number of nitrogens with zero attached hydrogens (tertiary/aromatic N) is 1. The van der Waals surface area contributed by atoms with Gasteiger partial charge in [-0.15, -0.1) is 0 Å². The molecule has 0 radical (unpaired) electrons. The minimum absolute atomic E-state index is 0.139. The van der Waals surface area contributed by atoms with Crippen LogP contribution in [0.5, 0.6) is 5.75 Å². The third-order valence-corrected chi connectivity index (χ3v) is 6.05. The van der Waals surface area contributed by atoms with Crippen molar-refractivity contribution in [1.82, 2.24) is 4.47 Å². The quantitative estimate of drug-likeness (QED) is 0.656. The van der Waals surface area contributed by atoms with Crippen LogP contribution in [0.15, 0.2) is 65.1 Å². The van der Waals surface area contributed by atoms with E-state index in [1.54, 1.807) is 26.2 Å². The smallest absolute Gasteiger partial charge is 0.265 e. The molecule has 1 aliphatic heterocycles. The lowest BCUT2D eigenvalue weighted by molar-refractivity contribution is -0.143. The second kappa shape index (κ2) is 7.11. The Morgan fingerprint density at radius 1 is 1.08 bits per heavy atom. The van der Waals surface area contributed by atoms with E-state index in [9.17, 15) is 8.42 Å². The molecule has 6 nitrogen and oxygen atoms in total. The predicted molar refractivity (Wildman–Crippen MR) is 99.9 cm³/mol. The number of benzene rings is 2. The van der Waals surface area contributed by atoms with E-state index in [0.29, 0.717) is 5.69 Å².